The second kappa shape index (κ2) is 11.4. The normalized spacial score (nSPS) is 13.9. The van der Waals surface area contributed by atoms with Gasteiger partial charge in [0.15, 0.2) is 0 Å². The number of methoxy groups -OCH3 is 1. The molecule has 2 N–H and O–H groups in total. The number of aryl methyl sites for hydroxylation is 1. The summed E-state index contributed by atoms with van der Waals surface area (Å²) in [5.41, 5.74) is 1.20. The van der Waals surface area contributed by atoms with Crippen LogP contribution in [0.4, 0.5) is 11.4 Å². The molecular weight excluding hydrogens is 466 g/mol. The summed E-state index contributed by atoms with van der Waals surface area (Å²) < 4.78 is 38.9. The summed E-state index contributed by atoms with van der Waals surface area (Å²) in [6.07, 6.45) is 0. The fourth-order valence-corrected chi connectivity index (χ4v) is 5.29. The molecule has 2 aromatic carbocycles. The van der Waals surface area contributed by atoms with E-state index < -0.39 is 10.0 Å². The minimum absolute atomic E-state index is 0.0257. The van der Waals surface area contributed by atoms with Crippen LogP contribution in [0.2, 0.25) is 0 Å². The molecule has 1 saturated heterocycles. The van der Waals surface area contributed by atoms with E-state index in [-0.39, 0.29) is 28.2 Å². The van der Waals surface area contributed by atoms with Crippen LogP contribution in [-0.2, 0) is 24.3 Å². The number of nitrogens with zero attached hydrogens (tertiary/aromatic N) is 1. The third kappa shape index (κ3) is 6.86. The van der Waals surface area contributed by atoms with Crippen LogP contribution in [0.3, 0.4) is 0 Å². The van der Waals surface area contributed by atoms with Crippen molar-refractivity contribution in [2.45, 2.75) is 11.8 Å². The van der Waals surface area contributed by atoms with Crippen molar-refractivity contribution >= 4 is 45.0 Å². The van der Waals surface area contributed by atoms with E-state index in [1.54, 1.807) is 48.2 Å². The molecule has 11 heteroatoms. The highest BCUT2D eigenvalue weighted by molar-refractivity contribution is 8.00. The number of nitrogens with one attached hydrogen (secondary N) is 2. The Labute approximate surface area is 197 Å². The monoisotopic (exact) mass is 493 g/mol. The molecular formula is C22H27N3O6S2. The Hall–Kier alpha value is -2.76. The molecule has 0 spiro atoms. The number of carbonyl (C=O) groups excluding carboxylic acids is 2. The molecule has 0 saturated carbocycles. The molecule has 0 aromatic heterocycles. The Balaban J connectivity index is 1.61. The third-order valence-corrected chi connectivity index (χ3v) is 7.36. The first kappa shape index (κ1) is 24.9. The van der Waals surface area contributed by atoms with E-state index in [1.165, 1.54) is 24.9 Å². The smallest absolute Gasteiger partial charge is 0.262 e. The highest BCUT2D eigenvalue weighted by atomic mass is 32.2. The lowest BCUT2D eigenvalue weighted by Crippen LogP contribution is -2.41. The summed E-state index contributed by atoms with van der Waals surface area (Å²) >= 11 is 1.21. The van der Waals surface area contributed by atoms with Gasteiger partial charge < -0.3 is 19.7 Å². The Bertz CT molecular complexity index is 1100. The van der Waals surface area contributed by atoms with E-state index in [9.17, 15) is 18.0 Å². The van der Waals surface area contributed by atoms with E-state index >= 15 is 0 Å². The number of amides is 2. The number of thioether (sulfide) groups is 1. The summed E-state index contributed by atoms with van der Waals surface area (Å²) in [5, 5.41) is 2.70. The molecule has 33 heavy (non-hydrogen) atoms. The molecule has 2 amide bonds. The van der Waals surface area contributed by atoms with Gasteiger partial charge in [0, 0.05) is 18.8 Å². The molecule has 0 radical (unpaired) electrons. The summed E-state index contributed by atoms with van der Waals surface area (Å²) in [5.74, 6) is 0.323. The zero-order valence-electron chi connectivity index (χ0n) is 18.5. The van der Waals surface area contributed by atoms with Crippen LogP contribution in [0.25, 0.3) is 0 Å². The van der Waals surface area contributed by atoms with Crippen LogP contribution in [0.1, 0.15) is 5.56 Å². The van der Waals surface area contributed by atoms with Crippen molar-refractivity contribution in [1.82, 2.24) is 4.90 Å². The Morgan fingerprint density at radius 1 is 1.12 bits per heavy atom. The third-order valence-electron chi connectivity index (χ3n) is 4.94. The van der Waals surface area contributed by atoms with Crippen LogP contribution in [0.5, 0.6) is 5.75 Å². The van der Waals surface area contributed by atoms with Crippen LogP contribution in [0, 0.1) is 6.92 Å². The van der Waals surface area contributed by atoms with E-state index in [4.69, 9.17) is 9.47 Å². The van der Waals surface area contributed by atoms with E-state index in [2.05, 4.69) is 10.0 Å². The van der Waals surface area contributed by atoms with E-state index in [1.807, 2.05) is 0 Å². The maximum atomic E-state index is 13.0. The average Bonchev–Trinajstić information content (AvgIpc) is 2.81. The van der Waals surface area contributed by atoms with Gasteiger partial charge in [0.25, 0.3) is 10.0 Å². The molecule has 1 fully saturated rings. The number of para-hydroxylation sites is 2. The second-order valence-corrected chi connectivity index (χ2v) is 9.96. The Morgan fingerprint density at radius 3 is 2.58 bits per heavy atom. The fourth-order valence-electron chi connectivity index (χ4n) is 3.23. The molecule has 178 valence electrons. The van der Waals surface area contributed by atoms with Gasteiger partial charge in [-0.1, -0.05) is 18.2 Å². The van der Waals surface area contributed by atoms with Crippen molar-refractivity contribution in [1.29, 1.82) is 0 Å². The largest absolute Gasteiger partial charge is 0.495 e. The summed E-state index contributed by atoms with van der Waals surface area (Å²) in [6, 6.07) is 11.4. The van der Waals surface area contributed by atoms with E-state index in [0.717, 1.165) is 0 Å². The van der Waals surface area contributed by atoms with Crippen molar-refractivity contribution in [3.05, 3.63) is 48.0 Å². The predicted octanol–water partition coefficient (Wildman–Crippen LogP) is 2.33. The molecule has 3 rings (SSSR count). The van der Waals surface area contributed by atoms with E-state index in [0.29, 0.717) is 49.0 Å². The van der Waals surface area contributed by atoms with Gasteiger partial charge in [0.05, 0.1) is 42.4 Å². The molecule has 1 heterocycles. The van der Waals surface area contributed by atoms with Gasteiger partial charge >= 0.3 is 0 Å². The number of ether oxygens (including phenoxy) is 2. The van der Waals surface area contributed by atoms with Gasteiger partial charge in [-0.05, 0) is 36.8 Å². The zero-order chi connectivity index (χ0) is 23.8. The first-order valence-electron chi connectivity index (χ1n) is 10.3. The summed E-state index contributed by atoms with van der Waals surface area (Å²) in [7, 11) is -2.46. The molecule has 0 aliphatic carbocycles. The first-order chi connectivity index (χ1) is 15.8. The highest BCUT2D eigenvalue weighted by Crippen LogP contribution is 2.28. The molecule has 1 aliphatic rings. The minimum Gasteiger partial charge on any atom is -0.495 e. The van der Waals surface area contributed by atoms with Gasteiger partial charge in [-0.15, -0.1) is 11.8 Å². The molecule has 2 aromatic rings. The van der Waals surface area contributed by atoms with Gasteiger partial charge in [0.2, 0.25) is 11.8 Å². The van der Waals surface area contributed by atoms with Crippen LogP contribution >= 0.6 is 11.8 Å². The Kier molecular flexibility index (Phi) is 8.59. The van der Waals surface area contributed by atoms with Gasteiger partial charge in [-0.3, -0.25) is 14.3 Å². The number of benzene rings is 2. The predicted molar refractivity (Wildman–Crippen MR) is 128 cm³/mol. The minimum atomic E-state index is -3.92. The maximum absolute atomic E-state index is 13.0. The van der Waals surface area contributed by atoms with Crippen molar-refractivity contribution in [3.8, 4) is 5.75 Å². The lowest BCUT2D eigenvalue weighted by atomic mass is 10.2. The number of carbonyl (C=O) groups is 2. The number of morpholine rings is 1. The van der Waals surface area contributed by atoms with Gasteiger partial charge in [-0.25, -0.2) is 8.42 Å². The number of anilines is 2. The van der Waals surface area contributed by atoms with Crippen LogP contribution in [-0.4, -0.2) is 70.1 Å². The van der Waals surface area contributed by atoms with Gasteiger partial charge in [0.1, 0.15) is 5.75 Å². The standard InChI is InChI=1S/C22H27N3O6S2/c1-16-7-8-17(23-21(26)14-32-15-22(27)25-9-11-31-12-10-25)13-20(16)33(28,29)24-18-5-3-4-6-19(18)30-2/h3-8,13,24H,9-12,14-15H2,1-2H3,(H,23,26). The number of hydrogen-bond acceptors (Lipinski definition) is 7. The van der Waals surface area contributed by atoms with Crippen LogP contribution < -0.4 is 14.8 Å². The van der Waals surface area contributed by atoms with Crippen molar-refractivity contribution in [2.75, 3.05) is 55.0 Å². The SMILES string of the molecule is COc1ccccc1NS(=O)(=O)c1cc(NC(=O)CSCC(=O)N2CCOCC2)ccc1C. The van der Waals surface area contributed by atoms with Gasteiger partial charge in [-0.2, -0.15) is 0 Å². The van der Waals surface area contributed by atoms with Crippen molar-refractivity contribution in [2.24, 2.45) is 0 Å². The molecule has 1 aliphatic heterocycles. The zero-order valence-corrected chi connectivity index (χ0v) is 20.1. The Morgan fingerprint density at radius 2 is 1.85 bits per heavy atom. The number of rotatable bonds is 9. The first-order valence-corrected chi connectivity index (χ1v) is 12.9. The molecule has 0 unspecified atom stereocenters. The lowest BCUT2D eigenvalue weighted by Gasteiger charge is -2.26. The molecule has 0 bridgehead atoms. The summed E-state index contributed by atoms with van der Waals surface area (Å²) in [4.78, 5) is 26.3. The average molecular weight is 494 g/mol. The molecule has 0 atom stereocenters. The number of sulfonamides is 1. The fraction of sp³-hybridized carbons (Fsp3) is 0.364. The highest BCUT2D eigenvalue weighted by Gasteiger charge is 2.20. The lowest BCUT2D eigenvalue weighted by molar-refractivity contribution is -0.132. The quantitative estimate of drug-likeness (QED) is 0.551. The maximum Gasteiger partial charge on any atom is 0.262 e. The second-order valence-electron chi connectivity index (χ2n) is 7.32. The number of hydrogen-bond donors (Lipinski definition) is 2. The topological polar surface area (TPSA) is 114 Å². The summed E-state index contributed by atoms with van der Waals surface area (Å²) in [6.45, 7) is 3.86. The molecule has 9 nitrogen and oxygen atoms in total. The van der Waals surface area contributed by atoms with Crippen molar-refractivity contribution in [3.63, 3.8) is 0 Å². The van der Waals surface area contributed by atoms with Crippen LogP contribution in [0.15, 0.2) is 47.4 Å². The van der Waals surface area contributed by atoms with Crippen molar-refractivity contribution < 1.29 is 27.5 Å².